The molecule has 1 unspecified atom stereocenters. The van der Waals surface area contributed by atoms with E-state index in [1.54, 1.807) is 11.3 Å². The molecule has 0 saturated carbocycles. The Labute approximate surface area is 135 Å². The van der Waals surface area contributed by atoms with Gasteiger partial charge in [0.25, 0.3) is 5.91 Å². The second kappa shape index (κ2) is 5.95. The fraction of sp³-hybridized carbons (Fsp3) is 0.706. The van der Waals surface area contributed by atoms with Crippen LogP contribution in [-0.4, -0.2) is 42.6 Å². The zero-order valence-corrected chi connectivity index (χ0v) is 13.8. The van der Waals surface area contributed by atoms with Gasteiger partial charge < -0.3 is 10.1 Å². The fourth-order valence-corrected chi connectivity index (χ4v) is 5.30. The van der Waals surface area contributed by atoms with Crippen LogP contribution < -0.4 is 5.32 Å². The average molecular weight is 320 g/mol. The number of hydrogen-bond acceptors (Lipinski definition) is 4. The van der Waals surface area contributed by atoms with Gasteiger partial charge in [-0.3, -0.25) is 9.69 Å². The molecular weight excluding hydrogens is 296 g/mol. The minimum absolute atomic E-state index is 0.0855. The summed E-state index contributed by atoms with van der Waals surface area (Å²) < 4.78 is 5.70. The van der Waals surface area contributed by atoms with Crippen LogP contribution in [0.5, 0.6) is 0 Å². The molecule has 0 radical (unpaired) electrons. The van der Waals surface area contributed by atoms with Gasteiger partial charge in [-0.1, -0.05) is 0 Å². The van der Waals surface area contributed by atoms with Gasteiger partial charge in [0, 0.05) is 23.6 Å². The molecule has 4 heterocycles. The molecule has 3 aliphatic rings. The van der Waals surface area contributed by atoms with Crippen LogP contribution in [0.4, 0.5) is 0 Å². The molecule has 1 aromatic rings. The van der Waals surface area contributed by atoms with Gasteiger partial charge in [-0.15, -0.1) is 11.3 Å². The maximum absolute atomic E-state index is 12.5. The lowest BCUT2D eigenvalue weighted by Crippen LogP contribution is -2.48. The van der Waals surface area contributed by atoms with Crippen LogP contribution in [0.2, 0.25) is 0 Å². The van der Waals surface area contributed by atoms with Crippen molar-refractivity contribution in [1.82, 2.24) is 10.2 Å². The molecule has 1 N–H and O–H groups in total. The van der Waals surface area contributed by atoms with E-state index in [9.17, 15) is 4.79 Å². The van der Waals surface area contributed by atoms with E-state index in [-0.39, 0.29) is 17.6 Å². The molecule has 1 aromatic heterocycles. The van der Waals surface area contributed by atoms with Crippen LogP contribution in [0.15, 0.2) is 12.1 Å². The Morgan fingerprint density at radius 3 is 2.86 bits per heavy atom. The number of carbonyl (C=O) groups excluding carboxylic acids is 1. The van der Waals surface area contributed by atoms with E-state index < -0.39 is 0 Å². The molecule has 5 heteroatoms. The highest BCUT2D eigenvalue weighted by Crippen LogP contribution is 2.38. The van der Waals surface area contributed by atoms with Crippen molar-refractivity contribution in [2.75, 3.05) is 26.2 Å². The molecule has 0 aliphatic carbocycles. The molecule has 4 rings (SSSR count). The number of thiophene rings is 1. The maximum atomic E-state index is 12.5. The molecular formula is C17H24N2O2S. The van der Waals surface area contributed by atoms with Crippen molar-refractivity contribution in [3.63, 3.8) is 0 Å². The zero-order valence-electron chi connectivity index (χ0n) is 13.0. The summed E-state index contributed by atoms with van der Waals surface area (Å²) >= 11 is 1.59. The molecule has 3 saturated heterocycles. The largest absolute Gasteiger partial charge is 0.373 e. The maximum Gasteiger partial charge on any atom is 0.261 e. The van der Waals surface area contributed by atoms with Gasteiger partial charge in [-0.05, 0) is 63.7 Å². The summed E-state index contributed by atoms with van der Waals surface area (Å²) in [5, 5.41) is 3.20. The normalized spacial score (nSPS) is 27.2. The first-order valence-electron chi connectivity index (χ1n) is 8.51. The number of hydrogen-bond donors (Lipinski definition) is 1. The van der Waals surface area contributed by atoms with Crippen LogP contribution in [0.1, 0.15) is 59.2 Å². The van der Waals surface area contributed by atoms with Crippen molar-refractivity contribution in [3.05, 3.63) is 21.9 Å². The molecule has 0 bridgehead atoms. The van der Waals surface area contributed by atoms with Gasteiger partial charge in [0.15, 0.2) is 0 Å². The molecule has 0 spiro atoms. The monoisotopic (exact) mass is 320 g/mol. The Balaban J connectivity index is 1.38. The molecule has 4 nitrogen and oxygen atoms in total. The van der Waals surface area contributed by atoms with Gasteiger partial charge in [0.1, 0.15) is 0 Å². The summed E-state index contributed by atoms with van der Waals surface area (Å²) in [4.78, 5) is 17.1. The summed E-state index contributed by atoms with van der Waals surface area (Å²) in [6.45, 7) is 4.07. The first-order valence-corrected chi connectivity index (χ1v) is 9.33. The van der Waals surface area contributed by atoms with E-state index in [2.05, 4.69) is 16.3 Å². The SMILES string of the molecule is O=C(NCC12CCCN1CCC2)c1ccc(C2CCCO2)s1. The quantitative estimate of drug-likeness (QED) is 0.927. The second-order valence-electron chi connectivity index (χ2n) is 6.80. The van der Waals surface area contributed by atoms with Gasteiger partial charge in [0.2, 0.25) is 0 Å². The fourth-order valence-electron chi connectivity index (χ4n) is 4.30. The molecule has 22 heavy (non-hydrogen) atoms. The number of amides is 1. The van der Waals surface area contributed by atoms with Crippen molar-refractivity contribution >= 4 is 17.2 Å². The van der Waals surface area contributed by atoms with E-state index in [0.717, 1.165) is 30.9 Å². The Bertz CT molecular complexity index is 541. The van der Waals surface area contributed by atoms with E-state index in [0.29, 0.717) is 0 Å². The van der Waals surface area contributed by atoms with Crippen molar-refractivity contribution in [3.8, 4) is 0 Å². The minimum Gasteiger partial charge on any atom is -0.373 e. The highest BCUT2D eigenvalue weighted by Gasteiger charge is 2.44. The van der Waals surface area contributed by atoms with Crippen LogP contribution in [-0.2, 0) is 4.74 Å². The topological polar surface area (TPSA) is 41.6 Å². The van der Waals surface area contributed by atoms with E-state index in [1.165, 1.54) is 43.6 Å². The van der Waals surface area contributed by atoms with Crippen LogP contribution in [0.3, 0.4) is 0 Å². The summed E-state index contributed by atoms with van der Waals surface area (Å²) in [6.07, 6.45) is 7.45. The van der Waals surface area contributed by atoms with Crippen molar-refractivity contribution in [1.29, 1.82) is 0 Å². The Morgan fingerprint density at radius 2 is 2.14 bits per heavy atom. The zero-order chi connectivity index (χ0) is 15.0. The number of ether oxygens (including phenoxy) is 1. The summed E-state index contributed by atoms with van der Waals surface area (Å²) in [7, 11) is 0. The molecule has 1 amide bonds. The lowest BCUT2D eigenvalue weighted by molar-refractivity contribution is 0.0923. The minimum atomic E-state index is 0.0855. The molecule has 3 fully saturated rings. The van der Waals surface area contributed by atoms with Crippen LogP contribution in [0.25, 0.3) is 0 Å². The first kappa shape index (κ1) is 14.7. The van der Waals surface area contributed by atoms with Crippen LogP contribution in [0, 0.1) is 0 Å². The number of rotatable bonds is 4. The van der Waals surface area contributed by atoms with E-state index >= 15 is 0 Å². The second-order valence-corrected chi connectivity index (χ2v) is 7.92. The van der Waals surface area contributed by atoms with Crippen molar-refractivity contribution < 1.29 is 9.53 Å². The Kier molecular flexibility index (Phi) is 3.96. The van der Waals surface area contributed by atoms with Gasteiger partial charge in [-0.2, -0.15) is 0 Å². The van der Waals surface area contributed by atoms with Gasteiger partial charge >= 0.3 is 0 Å². The molecule has 1 atom stereocenters. The lowest BCUT2D eigenvalue weighted by atomic mass is 9.94. The summed E-state index contributed by atoms with van der Waals surface area (Å²) in [6, 6.07) is 4.01. The summed E-state index contributed by atoms with van der Waals surface area (Å²) in [5.74, 6) is 0.0855. The highest BCUT2D eigenvalue weighted by molar-refractivity contribution is 7.14. The van der Waals surface area contributed by atoms with Crippen molar-refractivity contribution in [2.24, 2.45) is 0 Å². The smallest absolute Gasteiger partial charge is 0.261 e. The molecule has 0 aromatic carbocycles. The van der Waals surface area contributed by atoms with Crippen LogP contribution >= 0.6 is 11.3 Å². The number of carbonyl (C=O) groups is 1. The van der Waals surface area contributed by atoms with E-state index in [4.69, 9.17) is 4.74 Å². The molecule has 3 aliphatic heterocycles. The average Bonchev–Trinajstić information content (AvgIpc) is 3.26. The predicted octanol–water partition coefficient (Wildman–Crippen LogP) is 2.96. The van der Waals surface area contributed by atoms with Gasteiger partial charge in [0.05, 0.1) is 11.0 Å². The number of nitrogens with one attached hydrogen (secondary N) is 1. The van der Waals surface area contributed by atoms with Crippen molar-refractivity contribution in [2.45, 2.75) is 50.2 Å². The molecule has 120 valence electrons. The Morgan fingerprint density at radius 1 is 1.32 bits per heavy atom. The lowest BCUT2D eigenvalue weighted by Gasteiger charge is -2.32. The third kappa shape index (κ3) is 2.59. The summed E-state index contributed by atoms with van der Waals surface area (Å²) in [5.41, 5.74) is 0.254. The third-order valence-corrected chi connectivity index (χ3v) is 6.66. The third-order valence-electron chi connectivity index (χ3n) is 5.49. The Hall–Kier alpha value is -0.910. The number of fused-ring (bicyclic) bond motifs is 1. The first-order chi connectivity index (χ1) is 10.8. The predicted molar refractivity (Wildman–Crippen MR) is 87.4 cm³/mol. The van der Waals surface area contributed by atoms with Gasteiger partial charge in [-0.25, -0.2) is 0 Å². The number of nitrogens with zero attached hydrogens (tertiary/aromatic N) is 1. The van der Waals surface area contributed by atoms with E-state index in [1.807, 2.05) is 6.07 Å². The standard InChI is InChI=1S/C17H24N2O2S/c20-16(15-6-5-14(22-15)13-4-1-11-21-13)18-12-17-7-2-9-19(17)10-3-8-17/h5-6,13H,1-4,7-12H2,(H,18,20). The highest BCUT2D eigenvalue weighted by atomic mass is 32.1.